The van der Waals surface area contributed by atoms with E-state index in [9.17, 15) is 4.79 Å². The average molecular weight is 202 g/mol. The van der Waals surface area contributed by atoms with Crippen molar-refractivity contribution in [3.05, 3.63) is 30.5 Å². The van der Waals surface area contributed by atoms with Crippen LogP contribution in [0.3, 0.4) is 0 Å². The third kappa shape index (κ3) is 1.74. The fraction of sp³-hybridized carbons (Fsp3) is 0.0909. The number of benzene rings is 1. The molecule has 0 aliphatic rings. The molecule has 0 radical (unpaired) electrons. The Morgan fingerprint density at radius 3 is 3.07 bits per heavy atom. The van der Waals surface area contributed by atoms with Gasteiger partial charge in [-0.3, -0.25) is 9.78 Å². The van der Waals surface area contributed by atoms with Crippen LogP contribution < -0.4 is 10.1 Å². The van der Waals surface area contributed by atoms with Crippen molar-refractivity contribution in [3.8, 4) is 5.75 Å². The van der Waals surface area contributed by atoms with Crippen molar-refractivity contribution in [2.24, 2.45) is 0 Å². The number of amides is 1. The lowest BCUT2D eigenvalue weighted by molar-refractivity contribution is -0.105. The van der Waals surface area contributed by atoms with Crippen molar-refractivity contribution >= 4 is 23.0 Å². The van der Waals surface area contributed by atoms with Gasteiger partial charge in [0.2, 0.25) is 6.41 Å². The number of rotatable bonds is 3. The van der Waals surface area contributed by atoms with E-state index in [2.05, 4.69) is 10.3 Å². The summed E-state index contributed by atoms with van der Waals surface area (Å²) in [5.74, 6) is 0.605. The molecule has 0 bridgehead atoms. The molecule has 0 saturated carbocycles. The van der Waals surface area contributed by atoms with Crippen molar-refractivity contribution in [1.82, 2.24) is 4.98 Å². The Morgan fingerprint density at radius 1 is 1.47 bits per heavy atom. The monoisotopic (exact) mass is 202 g/mol. The highest BCUT2D eigenvalue weighted by Gasteiger charge is 2.04. The molecule has 1 aromatic heterocycles. The Hall–Kier alpha value is -2.10. The van der Waals surface area contributed by atoms with Gasteiger partial charge in [-0.05, 0) is 12.1 Å². The second-order valence-corrected chi connectivity index (χ2v) is 3.01. The third-order valence-electron chi connectivity index (χ3n) is 2.14. The largest absolute Gasteiger partial charge is 0.494 e. The zero-order valence-corrected chi connectivity index (χ0v) is 8.23. The van der Waals surface area contributed by atoms with Gasteiger partial charge in [-0.25, -0.2) is 0 Å². The SMILES string of the molecule is COc1cc2ncccc2cc1NC=O. The van der Waals surface area contributed by atoms with Gasteiger partial charge in [0.1, 0.15) is 5.75 Å². The van der Waals surface area contributed by atoms with Gasteiger partial charge in [0.25, 0.3) is 0 Å². The molecule has 0 atom stereocenters. The maximum absolute atomic E-state index is 10.4. The van der Waals surface area contributed by atoms with Crippen molar-refractivity contribution < 1.29 is 9.53 Å². The predicted molar refractivity (Wildman–Crippen MR) is 58.0 cm³/mol. The average Bonchev–Trinajstić information content (AvgIpc) is 2.28. The van der Waals surface area contributed by atoms with Gasteiger partial charge < -0.3 is 10.1 Å². The Balaban J connectivity index is 2.63. The quantitative estimate of drug-likeness (QED) is 0.772. The minimum Gasteiger partial charge on any atom is -0.494 e. The van der Waals surface area contributed by atoms with Gasteiger partial charge in [0, 0.05) is 17.6 Å². The number of nitrogens with one attached hydrogen (secondary N) is 1. The van der Waals surface area contributed by atoms with Crippen LogP contribution in [0.4, 0.5) is 5.69 Å². The van der Waals surface area contributed by atoms with E-state index < -0.39 is 0 Å². The number of hydrogen-bond acceptors (Lipinski definition) is 3. The summed E-state index contributed by atoms with van der Waals surface area (Å²) in [5, 5.41) is 3.55. The highest BCUT2D eigenvalue weighted by molar-refractivity contribution is 5.88. The molecule has 4 nitrogen and oxygen atoms in total. The van der Waals surface area contributed by atoms with E-state index in [0.29, 0.717) is 17.8 Å². The topological polar surface area (TPSA) is 51.2 Å². The van der Waals surface area contributed by atoms with E-state index in [-0.39, 0.29) is 0 Å². The molecule has 0 aliphatic carbocycles. The maximum Gasteiger partial charge on any atom is 0.211 e. The summed E-state index contributed by atoms with van der Waals surface area (Å²) in [4.78, 5) is 14.6. The molecule has 0 saturated heterocycles. The number of hydrogen-bond donors (Lipinski definition) is 1. The molecule has 2 rings (SSSR count). The first kappa shape index (κ1) is 9.45. The Kier molecular flexibility index (Phi) is 2.49. The Morgan fingerprint density at radius 2 is 2.33 bits per heavy atom. The van der Waals surface area contributed by atoms with E-state index >= 15 is 0 Å². The molecule has 1 N–H and O–H groups in total. The Bertz CT molecular complexity index is 497. The van der Waals surface area contributed by atoms with E-state index in [1.165, 1.54) is 0 Å². The number of aromatic nitrogens is 1. The summed E-state index contributed by atoms with van der Waals surface area (Å²) < 4.78 is 5.14. The molecule has 1 amide bonds. The first-order valence-electron chi connectivity index (χ1n) is 4.48. The van der Waals surface area contributed by atoms with Crippen molar-refractivity contribution in [2.45, 2.75) is 0 Å². The third-order valence-corrected chi connectivity index (χ3v) is 2.14. The molecule has 1 heterocycles. The van der Waals surface area contributed by atoms with E-state index in [1.54, 1.807) is 19.4 Å². The molecule has 15 heavy (non-hydrogen) atoms. The lowest BCUT2D eigenvalue weighted by atomic mass is 10.2. The number of nitrogens with zero attached hydrogens (tertiary/aromatic N) is 1. The first-order valence-corrected chi connectivity index (χ1v) is 4.48. The minimum atomic E-state index is 0.605. The van der Waals surface area contributed by atoms with Crippen molar-refractivity contribution in [2.75, 3.05) is 12.4 Å². The normalized spacial score (nSPS) is 9.93. The summed E-state index contributed by atoms with van der Waals surface area (Å²) in [7, 11) is 1.56. The molecule has 76 valence electrons. The highest BCUT2D eigenvalue weighted by Crippen LogP contribution is 2.28. The van der Waals surface area contributed by atoms with Crippen LogP contribution in [0.5, 0.6) is 5.75 Å². The predicted octanol–water partition coefficient (Wildman–Crippen LogP) is 1.81. The van der Waals surface area contributed by atoms with Crippen LogP contribution in [0.1, 0.15) is 0 Å². The second kappa shape index (κ2) is 3.96. The summed E-state index contributed by atoms with van der Waals surface area (Å²) >= 11 is 0. The molecular weight excluding hydrogens is 192 g/mol. The lowest BCUT2D eigenvalue weighted by Gasteiger charge is -2.08. The van der Waals surface area contributed by atoms with E-state index in [1.807, 2.05) is 18.2 Å². The van der Waals surface area contributed by atoms with Crippen LogP contribution in [-0.2, 0) is 4.79 Å². The highest BCUT2D eigenvalue weighted by atomic mass is 16.5. The lowest BCUT2D eigenvalue weighted by Crippen LogP contribution is -1.97. The smallest absolute Gasteiger partial charge is 0.211 e. The molecule has 0 fully saturated rings. The van der Waals surface area contributed by atoms with Crippen LogP contribution >= 0.6 is 0 Å². The van der Waals surface area contributed by atoms with Gasteiger partial charge in [0.15, 0.2) is 0 Å². The molecular formula is C11H10N2O2. The summed E-state index contributed by atoms with van der Waals surface area (Å²) in [6.45, 7) is 0. The van der Waals surface area contributed by atoms with Gasteiger partial charge in [-0.2, -0.15) is 0 Å². The van der Waals surface area contributed by atoms with E-state index in [4.69, 9.17) is 4.74 Å². The summed E-state index contributed by atoms with van der Waals surface area (Å²) in [6, 6.07) is 7.40. The summed E-state index contributed by atoms with van der Waals surface area (Å²) in [6.07, 6.45) is 2.34. The van der Waals surface area contributed by atoms with Gasteiger partial charge in [-0.15, -0.1) is 0 Å². The maximum atomic E-state index is 10.4. The fourth-order valence-corrected chi connectivity index (χ4v) is 1.45. The van der Waals surface area contributed by atoms with E-state index in [0.717, 1.165) is 10.9 Å². The van der Waals surface area contributed by atoms with Gasteiger partial charge >= 0.3 is 0 Å². The van der Waals surface area contributed by atoms with Crippen LogP contribution in [0.2, 0.25) is 0 Å². The number of carbonyl (C=O) groups excluding carboxylic acids is 1. The zero-order valence-electron chi connectivity index (χ0n) is 8.23. The first-order chi connectivity index (χ1) is 7.35. The molecule has 1 aromatic carbocycles. The summed E-state index contributed by atoms with van der Waals surface area (Å²) in [5.41, 5.74) is 1.48. The Labute approximate surface area is 86.9 Å². The zero-order chi connectivity index (χ0) is 10.7. The molecule has 4 heteroatoms. The second-order valence-electron chi connectivity index (χ2n) is 3.01. The van der Waals surface area contributed by atoms with Gasteiger partial charge in [-0.1, -0.05) is 6.07 Å². The number of anilines is 1. The van der Waals surface area contributed by atoms with Crippen LogP contribution in [-0.4, -0.2) is 18.5 Å². The molecule has 0 aliphatic heterocycles. The fourth-order valence-electron chi connectivity index (χ4n) is 1.45. The number of ether oxygens (including phenoxy) is 1. The van der Waals surface area contributed by atoms with Crippen molar-refractivity contribution in [1.29, 1.82) is 0 Å². The molecule has 2 aromatic rings. The number of carbonyl (C=O) groups is 1. The molecule has 0 spiro atoms. The standard InChI is InChI=1S/C11H10N2O2/c1-15-11-6-9-8(3-2-4-12-9)5-10(11)13-7-14/h2-7H,1H3,(H,13,14). The minimum absolute atomic E-state index is 0.605. The van der Waals surface area contributed by atoms with Crippen LogP contribution in [0.25, 0.3) is 10.9 Å². The number of methoxy groups -OCH3 is 1. The number of fused-ring (bicyclic) bond motifs is 1. The van der Waals surface area contributed by atoms with Gasteiger partial charge in [0.05, 0.1) is 18.3 Å². The van der Waals surface area contributed by atoms with Crippen LogP contribution in [0, 0.1) is 0 Å². The van der Waals surface area contributed by atoms with Crippen LogP contribution in [0.15, 0.2) is 30.5 Å². The molecule has 0 unspecified atom stereocenters. The van der Waals surface area contributed by atoms with Crippen molar-refractivity contribution in [3.63, 3.8) is 0 Å². The number of pyridine rings is 1.